The van der Waals surface area contributed by atoms with Crippen molar-refractivity contribution in [1.29, 1.82) is 0 Å². The fourth-order valence-electron chi connectivity index (χ4n) is 3.56. The van der Waals surface area contributed by atoms with Crippen LogP contribution in [0.1, 0.15) is 24.8 Å². The second kappa shape index (κ2) is 8.27. The molecule has 0 saturated carbocycles. The van der Waals surface area contributed by atoms with Crippen molar-refractivity contribution in [3.63, 3.8) is 0 Å². The molecule has 0 aromatic heterocycles. The van der Waals surface area contributed by atoms with E-state index in [1.165, 1.54) is 32.4 Å². The molecule has 2 heterocycles. The quantitative estimate of drug-likeness (QED) is 0.763. The molecule has 2 aromatic carbocycles. The molecule has 2 aliphatic rings. The molecule has 0 radical (unpaired) electrons. The van der Waals surface area contributed by atoms with Crippen molar-refractivity contribution < 1.29 is 9.53 Å². The van der Waals surface area contributed by atoms with E-state index in [1.807, 2.05) is 48.5 Å². The molecule has 2 N–H and O–H groups in total. The second-order valence-electron chi connectivity index (χ2n) is 6.98. The minimum Gasteiger partial charge on any atom is -0.492 e. The fraction of sp³-hybridized carbons (Fsp3) is 0.318. The van der Waals surface area contributed by atoms with E-state index in [-0.39, 0.29) is 5.91 Å². The number of nitrogens with one attached hydrogen (secondary N) is 2. The Hall–Kier alpha value is -2.79. The first kappa shape index (κ1) is 17.6. The highest BCUT2D eigenvalue weighted by molar-refractivity contribution is 6.31. The number of piperidine rings is 1. The summed E-state index contributed by atoms with van der Waals surface area (Å²) < 4.78 is 5.86. The van der Waals surface area contributed by atoms with Crippen molar-refractivity contribution in [2.75, 3.05) is 36.9 Å². The first-order valence-corrected chi connectivity index (χ1v) is 9.62. The zero-order valence-corrected chi connectivity index (χ0v) is 15.4. The van der Waals surface area contributed by atoms with Gasteiger partial charge in [-0.2, -0.15) is 0 Å². The van der Waals surface area contributed by atoms with Gasteiger partial charge in [-0.15, -0.1) is 0 Å². The normalized spacial score (nSPS) is 18.2. The lowest BCUT2D eigenvalue weighted by Gasteiger charge is -2.26. The third kappa shape index (κ3) is 4.31. The van der Waals surface area contributed by atoms with Crippen LogP contribution in [0.25, 0.3) is 5.57 Å². The van der Waals surface area contributed by atoms with Crippen LogP contribution < -0.4 is 15.4 Å². The van der Waals surface area contributed by atoms with Crippen LogP contribution in [0, 0.1) is 0 Å². The first-order valence-electron chi connectivity index (χ1n) is 9.62. The van der Waals surface area contributed by atoms with Gasteiger partial charge in [0.05, 0.1) is 5.57 Å². The van der Waals surface area contributed by atoms with Crippen molar-refractivity contribution in [1.82, 2.24) is 4.90 Å². The van der Waals surface area contributed by atoms with Gasteiger partial charge in [0.25, 0.3) is 5.91 Å². The van der Waals surface area contributed by atoms with Crippen LogP contribution >= 0.6 is 0 Å². The van der Waals surface area contributed by atoms with Gasteiger partial charge in [-0.05, 0) is 56.3 Å². The Kier molecular flexibility index (Phi) is 5.39. The smallest absolute Gasteiger partial charge is 0.257 e. The standard InChI is InChI=1S/C22H25N3O2/c26-22-20(19-6-2-3-7-21(19)24-22)16-23-17-8-10-18(11-9-17)27-15-14-25-12-4-1-5-13-25/h2-3,6-11,16,23H,1,4-5,12-15H2,(H,24,26). The minimum atomic E-state index is -0.0821. The molecule has 27 heavy (non-hydrogen) atoms. The Balaban J connectivity index is 1.31. The van der Waals surface area contributed by atoms with E-state index < -0.39 is 0 Å². The minimum absolute atomic E-state index is 0.0821. The molecule has 0 bridgehead atoms. The maximum absolute atomic E-state index is 12.1. The maximum atomic E-state index is 12.1. The van der Waals surface area contributed by atoms with Crippen LogP contribution in [0.2, 0.25) is 0 Å². The van der Waals surface area contributed by atoms with E-state index in [2.05, 4.69) is 15.5 Å². The number of carbonyl (C=O) groups is 1. The summed E-state index contributed by atoms with van der Waals surface area (Å²) >= 11 is 0. The van der Waals surface area contributed by atoms with Gasteiger partial charge in [0.15, 0.2) is 0 Å². The summed E-state index contributed by atoms with van der Waals surface area (Å²) in [6, 6.07) is 15.5. The average molecular weight is 363 g/mol. The van der Waals surface area contributed by atoms with Gasteiger partial charge in [0.1, 0.15) is 12.4 Å². The lowest BCUT2D eigenvalue weighted by Crippen LogP contribution is -2.33. The van der Waals surface area contributed by atoms with Crippen molar-refractivity contribution in [2.24, 2.45) is 0 Å². The van der Waals surface area contributed by atoms with Gasteiger partial charge in [-0.3, -0.25) is 9.69 Å². The number of hydrogen-bond acceptors (Lipinski definition) is 4. The molecular weight excluding hydrogens is 338 g/mol. The molecule has 2 aliphatic heterocycles. The Morgan fingerprint density at radius 3 is 2.63 bits per heavy atom. The van der Waals surface area contributed by atoms with Crippen LogP contribution in [0.4, 0.5) is 11.4 Å². The zero-order chi connectivity index (χ0) is 18.5. The summed E-state index contributed by atoms with van der Waals surface area (Å²) in [5.74, 6) is 0.788. The van der Waals surface area contributed by atoms with E-state index in [9.17, 15) is 4.79 Å². The number of carbonyl (C=O) groups excluding carboxylic acids is 1. The Labute approximate surface area is 160 Å². The molecule has 1 fully saturated rings. The molecule has 0 atom stereocenters. The van der Waals surface area contributed by atoms with Crippen LogP contribution in [-0.2, 0) is 4.79 Å². The highest BCUT2D eigenvalue weighted by Gasteiger charge is 2.23. The van der Waals surface area contributed by atoms with Gasteiger partial charge in [0, 0.05) is 29.7 Å². The summed E-state index contributed by atoms with van der Waals surface area (Å²) in [7, 11) is 0. The number of likely N-dealkylation sites (tertiary alicyclic amines) is 1. The van der Waals surface area contributed by atoms with Gasteiger partial charge < -0.3 is 15.4 Å². The molecule has 0 unspecified atom stereocenters. The Morgan fingerprint density at radius 2 is 1.81 bits per heavy atom. The topological polar surface area (TPSA) is 53.6 Å². The number of anilines is 2. The molecule has 140 valence electrons. The largest absolute Gasteiger partial charge is 0.492 e. The van der Waals surface area contributed by atoms with Crippen LogP contribution in [0.3, 0.4) is 0 Å². The second-order valence-corrected chi connectivity index (χ2v) is 6.98. The van der Waals surface area contributed by atoms with Gasteiger partial charge >= 0.3 is 0 Å². The maximum Gasteiger partial charge on any atom is 0.257 e. The number of benzene rings is 2. The molecule has 5 heteroatoms. The van der Waals surface area contributed by atoms with Crippen LogP contribution in [0.5, 0.6) is 5.75 Å². The summed E-state index contributed by atoms with van der Waals surface area (Å²) in [5.41, 5.74) is 3.34. The van der Waals surface area contributed by atoms with E-state index in [0.29, 0.717) is 12.2 Å². The number of para-hydroxylation sites is 1. The first-order chi connectivity index (χ1) is 13.3. The lowest BCUT2D eigenvalue weighted by molar-refractivity contribution is -0.110. The van der Waals surface area contributed by atoms with Crippen molar-refractivity contribution in [2.45, 2.75) is 19.3 Å². The molecule has 1 amide bonds. The third-order valence-electron chi connectivity index (χ3n) is 5.07. The SMILES string of the molecule is O=C1Nc2ccccc2C1=CNc1ccc(OCCN2CCCCC2)cc1. The molecule has 0 aliphatic carbocycles. The number of rotatable bonds is 6. The van der Waals surface area contributed by atoms with Crippen molar-refractivity contribution >= 4 is 22.9 Å². The van der Waals surface area contributed by atoms with Gasteiger partial charge in [-0.1, -0.05) is 24.6 Å². The number of ether oxygens (including phenoxy) is 1. The molecule has 5 nitrogen and oxygen atoms in total. The van der Waals surface area contributed by atoms with E-state index in [1.54, 1.807) is 6.20 Å². The highest BCUT2D eigenvalue weighted by Crippen LogP contribution is 2.31. The van der Waals surface area contributed by atoms with Gasteiger partial charge in [0.2, 0.25) is 0 Å². The zero-order valence-electron chi connectivity index (χ0n) is 15.4. The summed E-state index contributed by atoms with van der Waals surface area (Å²) in [6.45, 7) is 4.09. The highest BCUT2D eigenvalue weighted by atomic mass is 16.5. The van der Waals surface area contributed by atoms with Crippen molar-refractivity contribution in [3.8, 4) is 5.75 Å². The third-order valence-corrected chi connectivity index (χ3v) is 5.07. The predicted molar refractivity (Wildman–Crippen MR) is 109 cm³/mol. The molecule has 1 saturated heterocycles. The molecule has 0 spiro atoms. The van der Waals surface area contributed by atoms with Crippen LogP contribution in [0.15, 0.2) is 54.7 Å². The van der Waals surface area contributed by atoms with Crippen molar-refractivity contribution in [3.05, 3.63) is 60.3 Å². The predicted octanol–water partition coefficient (Wildman–Crippen LogP) is 3.96. The molecule has 4 rings (SSSR count). The number of fused-ring (bicyclic) bond motifs is 1. The average Bonchev–Trinajstić information content (AvgIpc) is 3.03. The Morgan fingerprint density at radius 1 is 1.04 bits per heavy atom. The number of amides is 1. The number of nitrogens with zero attached hydrogens (tertiary/aromatic N) is 1. The Bertz CT molecular complexity index is 824. The fourth-order valence-corrected chi connectivity index (χ4v) is 3.56. The molecule has 2 aromatic rings. The summed E-state index contributed by atoms with van der Waals surface area (Å²) in [4.78, 5) is 14.6. The lowest BCUT2D eigenvalue weighted by atomic mass is 10.1. The number of hydrogen-bond donors (Lipinski definition) is 2. The van der Waals surface area contributed by atoms with E-state index in [4.69, 9.17) is 4.74 Å². The van der Waals surface area contributed by atoms with Crippen LogP contribution in [-0.4, -0.2) is 37.0 Å². The summed E-state index contributed by atoms with van der Waals surface area (Å²) in [5, 5.41) is 6.08. The van der Waals surface area contributed by atoms with Gasteiger partial charge in [-0.25, -0.2) is 0 Å². The van der Waals surface area contributed by atoms with E-state index >= 15 is 0 Å². The van der Waals surface area contributed by atoms with E-state index in [0.717, 1.165) is 29.2 Å². The summed E-state index contributed by atoms with van der Waals surface area (Å²) in [6.07, 6.45) is 5.72. The molecular formula is C22H25N3O2. The monoisotopic (exact) mass is 363 g/mol.